The van der Waals surface area contributed by atoms with Gasteiger partial charge in [-0.3, -0.25) is 9.36 Å². The molecule has 17 heavy (non-hydrogen) atoms. The van der Waals surface area contributed by atoms with E-state index in [1.165, 1.54) is 0 Å². The lowest BCUT2D eigenvalue weighted by Crippen LogP contribution is -2.35. The fourth-order valence-corrected chi connectivity index (χ4v) is 1.73. The Morgan fingerprint density at radius 3 is 2.71 bits per heavy atom. The van der Waals surface area contributed by atoms with E-state index in [1.807, 2.05) is 0 Å². The molecule has 8 nitrogen and oxygen atoms in total. The lowest BCUT2D eigenvalue weighted by Gasteiger charge is -2.16. The van der Waals surface area contributed by atoms with Crippen LogP contribution in [0.15, 0.2) is 17.2 Å². The van der Waals surface area contributed by atoms with Crippen LogP contribution in [0.5, 0.6) is 0 Å². The normalized spacial score (nSPS) is 32.9. The molecule has 5 N–H and O–H groups in total. The second-order valence-corrected chi connectivity index (χ2v) is 3.79. The quantitative estimate of drug-likeness (QED) is 0.449. The molecule has 1 aromatic rings. The Morgan fingerprint density at radius 1 is 1.47 bits per heavy atom. The number of anilines is 1. The average Bonchev–Trinajstić information content (AvgIpc) is 2.57. The number of aliphatic hydroxyl groups is 3. The maximum Gasteiger partial charge on any atom is 0.257 e. The average molecular weight is 243 g/mol. The fourth-order valence-electron chi connectivity index (χ4n) is 1.73. The molecule has 0 amide bonds. The summed E-state index contributed by atoms with van der Waals surface area (Å²) < 4.78 is 6.19. The number of nitrogen functional groups attached to an aromatic ring is 1. The molecular formula is C9H13N3O5. The molecule has 0 unspecified atom stereocenters. The lowest BCUT2D eigenvalue weighted by molar-refractivity contribution is -0.0548. The molecule has 4 atom stereocenters. The van der Waals surface area contributed by atoms with Crippen molar-refractivity contribution in [2.75, 3.05) is 12.3 Å². The number of nitrogens with zero attached hydrogens (tertiary/aromatic N) is 2. The van der Waals surface area contributed by atoms with Crippen LogP contribution in [-0.4, -0.2) is 49.8 Å². The zero-order valence-electron chi connectivity index (χ0n) is 8.80. The van der Waals surface area contributed by atoms with Crippen LogP contribution in [0.2, 0.25) is 0 Å². The number of aromatic nitrogens is 2. The monoisotopic (exact) mass is 243 g/mol. The first kappa shape index (κ1) is 12.0. The van der Waals surface area contributed by atoms with Crippen molar-refractivity contribution >= 4 is 5.82 Å². The van der Waals surface area contributed by atoms with E-state index in [0.29, 0.717) is 0 Å². The van der Waals surface area contributed by atoms with Gasteiger partial charge in [-0.1, -0.05) is 0 Å². The van der Waals surface area contributed by atoms with E-state index in [4.69, 9.17) is 15.6 Å². The number of nitrogens with two attached hydrogens (primary N) is 1. The summed E-state index contributed by atoms with van der Waals surface area (Å²) in [7, 11) is 0. The highest BCUT2D eigenvalue weighted by atomic mass is 16.6. The molecule has 1 aromatic heterocycles. The summed E-state index contributed by atoms with van der Waals surface area (Å²) in [6.45, 7) is -0.453. The molecule has 2 heterocycles. The topological polar surface area (TPSA) is 131 Å². The summed E-state index contributed by atoms with van der Waals surface area (Å²) in [5.74, 6) is 0.0537. The predicted molar refractivity (Wildman–Crippen MR) is 55.9 cm³/mol. The summed E-state index contributed by atoms with van der Waals surface area (Å²) in [5, 5.41) is 28.2. The maximum absolute atomic E-state index is 11.6. The van der Waals surface area contributed by atoms with Crippen LogP contribution in [0, 0.1) is 0 Å². The highest BCUT2D eigenvalue weighted by Crippen LogP contribution is 2.27. The van der Waals surface area contributed by atoms with Crippen LogP contribution in [0.1, 0.15) is 6.23 Å². The van der Waals surface area contributed by atoms with E-state index in [-0.39, 0.29) is 5.82 Å². The smallest absolute Gasteiger partial charge is 0.257 e. The Balaban J connectivity index is 2.32. The fraction of sp³-hybridized carbons (Fsp3) is 0.556. The molecule has 1 fully saturated rings. The van der Waals surface area contributed by atoms with E-state index in [1.54, 1.807) is 0 Å². The summed E-state index contributed by atoms with van der Waals surface area (Å²) in [6, 6.07) is 1.08. The van der Waals surface area contributed by atoms with Crippen molar-refractivity contribution in [2.45, 2.75) is 24.5 Å². The van der Waals surface area contributed by atoms with Gasteiger partial charge in [0, 0.05) is 6.07 Å². The number of hydrogen-bond donors (Lipinski definition) is 4. The van der Waals surface area contributed by atoms with Crippen molar-refractivity contribution in [1.82, 2.24) is 9.55 Å². The maximum atomic E-state index is 11.6. The van der Waals surface area contributed by atoms with Crippen LogP contribution in [0.3, 0.4) is 0 Å². The molecule has 0 radical (unpaired) electrons. The summed E-state index contributed by atoms with van der Waals surface area (Å²) >= 11 is 0. The van der Waals surface area contributed by atoms with Crippen molar-refractivity contribution in [2.24, 2.45) is 0 Å². The molecule has 1 aliphatic heterocycles. The van der Waals surface area contributed by atoms with Crippen LogP contribution in [0.25, 0.3) is 0 Å². The van der Waals surface area contributed by atoms with Gasteiger partial charge in [0.1, 0.15) is 30.5 Å². The largest absolute Gasteiger partial charge is 0.394 e. The van der Waals surface area contributed by atoms with Crippen molar-refractivity contribution in [3.8, 4) is 0 Å². The van der Waals surface area contributed by atoms with Gasteiger partial charge in [0.25, 0.3) is 5.56 Å². The second kappa shape index (κ2) is 4.41. The first-order valence-corrected chi connectivity index (χ1v) is 5.00. The second-order valence-electron chi connectivity index (χ2n) is 3.79. The Bertz CT molecular complexity index is 462. The SMILES string of the molecule is Nc1cc(=O)n([C@@H]2O[C@@H](CO)[C@@H](O)[C@H]2O)cn1. The van der Waals surface area contributed by atoms with Crippen molar-refractivity contribution in [1.29, 1.82) is 0 Å². The van der Waals surface area contributed by atoms with Gasteiger partial charge < -0.3 is 25.8 Å². The van der Waals surface area contributed by atoms with Gasteiger partial charge in [0.2, 0.25) is 0 Å². The van der Waals surface area contributed by atoms with Crippen LogP contribution >= 0.6 is 0 Å². The highest BCUT2D eigenvalue weighted by molar-refractivity contribution is 5.23. The van der Waals surface area contributed by atoms with Gasteiger partial charge in [0.05, 0.1) is 6.61 Å². The molecule has 0 saturated carbocycles. The van der Waals surface area contributed by atoms with Gasteiger partial charge in [-0.25, -0.2) is 4.98 Å². The third-order valence-electron chi connectivity index (χ3n) is 2.65. The van der Waals surface area contributed by atoms with E-state index in [9.17, 15) is 15.0 Å². The van der Waals surface area contributed by atoms with Crippen molar-refractivity contribution in [3.05, 3.63) is 22.7 Å². The minimum atomic E-state index is -1.31. The van der Waals surface area contributed by atoms with E-state index in [2.05, 4.69) is 4.98 Å². The standard InChI is InChI=1S/C9H13N3O5/c10-5-1-6(14)12(3-11-5)9-8(16)7(15)4(2-13)17-9/h1,3-4,7-9,13,15-16H,2,10H2/t4-,7+,8+,9+/m0/s1. The Morgan fingerprint density at radius 2 is 2.18 bits per heavy atom. The highest BCUT2D eigenvalue weighted by Gasteiger charge is 2.43. The molecule has 1 aliphatic rings. The number of aliphatic hydroxyl groups excluding tert-OH is 3. The summed E-state index contributed by atoms with van der Waals surface area (Å²) in [4.78, 5) is 15.3. The molecule has 0 bridgehead atoms. The molecule has 1 saturated heterocycles. The van der Waals surface area contributed by atoms with Crippen LogP contribution < -0.4 is 11.3 Å². The number of rotatable bonds is 2. The van der Waals surface area contributed by atoms with E-state index in [0.717, 1.165) is 17.0 Å². The zero-order chi connectivity index (χ0) is 12.6. The number of hydrogen-bond acceptors (Lipinski definition) is 7. The van der Waals surface area contributed by atoms with Gasteiger partial charge >= 0.3 is 0 Å². The van der Waals surface area contributed by atoms with Crippen LogP contribution in [-0.2, 0) is 4.74 Å². The zero-order valence-corrected chi connectivity index (χ0v) is 8.80. The molecule has 2 rings (SSSR count). The molecule has 0 aromatic carbocycles. The molecule has 0 aliphatic carbocycles. The molecular weight excluding hydrogens is 230 g/mol. The Labute approximate surface area is 95.9 Å². The molecule has 94 valence electrons. The summed E-state index contributed by atoms with van der Waals surface area (Å²) in [5.41, 5.74) is 4.82. The van der Waals surface area contributed by atoms with Gasteiger partial charge in [0.15, 0.2) is 6.23 Å². The van der Waals surface area contributed by atoms with E-state index < -0.39 is 36.7 Å². The predicted octanol–water partition coefficient (Wildman–Crippen LogP) is -2.56. The molecule has 0 spiro atoms. The minimum Gasteiger partial charge on any atom is -0.394 e. The Hall–Kier alpha value is -1.48. The van der Waals surface area contributed by atoms with Crippen molar-refractivity contribution < 1.29 is 20.1 Å². The third-order valence-corrected chi connectivity index (χ3v) is 2.65. The van der Waals surface area contributed by atoms with Crippen molar-refractivity contribution in [3.63, 3.8) is 0 Å². The van der Waals surface area contributed by atoms with Gasteiger partial charge in [-0.2, -0.15) is 0 Å². The molecule has 8 heteroatoms. The number of ether oxygens (including phenoxy) is 1. The Kier molecular flexibility index (Phi) is 3.11. The summed E-state index contributed by atoms with van der Waals surface area (Å²) in [6.07, 6.45) is -3.45. The first-order chi connectivity index (χ1) is 8.04. The lowest BCUT2D eigenvalue weighted by atomic mass is 10.1. The van der Waals surface area contributed by atoms with E-state index >= 15 is 0 Å². The van der Waals surface area contributed by atoms with Gasteiger partial charge in [-0.05, 0) is 0 Å². The first-order valence-electron chi connectivity index (χ1n) is 5.00. The van der Waals surface area contributed by atoms with Crippen LogP contribution in [0.4, 0.5) is 5.82 Å². The van der Waals surface area contributed by atoms with Gasteiger partial charge in [-0.15, -0.1) is 0 Å². The minimum absolute atomic E-state index is 0.0537. The third kappa shape index (κ3) is 2.03.